The Labute approximate surface area is 135 Å². The maximum atomic E-state index is 12.8. The summed E-state index contributed by atoms with van der Waals surface area (Å²) in [5.41, 5.74) is 1.92. The fourth-order valence-corrected chi connectivity index (χ4v) is 2.15. The molecule has 23 heavy (non-hydrogen) atoms. The van der Waals surface area contributed by atoms with Gasteiger partial charge in [-0.1, -0.05) is 12.1 Å². The Morgan fingerprint density at radius 2 is 1.91 bits per heavy atom. The summed E-state index contributed by atoms with van der Waals surface area (Å²) in [6.45, 7) is 1.10. The molecule has 0 atom stereocenters. The van der Waals surface area contributed by atoms with Crippen LogP contribution in [0.3, 0.4) is 0 Å². The molecule has 0 saturated carbocycles. The van der Waals surface area contributed by atoms with E-state index in [2.05, 4.69) is 10.6 Å². The monoisotopic (exact) mass is 316 g/mol. The zero-order valence-electron chi connectivity index (χ0n) is 13.1. The van der Waals surface area contributed by atoms with Crippen molar-refractivity contribution < 1.29 is 13.9 Å². The molecule has 0 bridgehead atoms. The van der Waals surface area contributed by atoms with Crippen molar-refractivity contribution in [2.75, 3.05) is 25.5 Å². The van der Waals surface area contributed by atoms with Gasteiger partial charge in [0.1, 0.15) is 11.6 Å². The zero-order chi connectivity index (χ0) is 16.5. The highest BCUT2D eigenvalue weighted by Crippen LogP contribution is 2.12. The van der Waals surface area contributed by atoms with Crippen LogP contribution in [0.1, 0.15) is 12.0 Å². The molecule has 2 N–H and O–H groups in total. The van der Waals surface area contributed by atoms with Gasteiger partial charge < -0.3 is 15.4 Å². The lowest BCUT2D eigenvalue weighted by atomic mass is 10.1. The van der Waals surface area contributed by atoms with Crippen LogP contribution in [-0.2, 0) is 11.2 Å². The fourth-order valence-electron chi connectivity index (χ4n) is 2.15. The van der Waals surface area contributed by atoms with Crippen molar-refractivity contribution in [1.82, 2.24) is 5.32 Å². The topological polar surface area (TPSA) is 50.4 Å². The van der Waals surface area contributed by atoms with Gasteiger partial charge in [-0.05, 0) is 48.4 Å². The average molecular weight is 316 g/mol. The summed E-state index contributed by atoms with van der Waals surface area (Å²) in [7, 11) is 1.63. The lowest BCUT2D eigenvalue weighted by Crippen LogP contribution is -2.27. The second-order valence-corrected chi connectivity index (χ2v) is 5.14. The van der Waals surface area contributed by atoms with Crippen molar-refractivity contribution in [1.29, 1.82) is 0 Å². The molecule has 0 radical (unpaired) electrons. The summed E-state index contributed by atoms with van der Waals surface area (Å²) in [4.78, 5) is 11.8. The molecule has 2 aromatic carbocycles. The van der Waals surface area contributed by atoms with Gasteiger partial charge in [0.25, 0.3) is 0 Å². The zero-order valence-corrected chi connectivity index (χ0v) is 13.1. The molecule has 5 heteroatoms. The normalized spacial score (nSPS) is 10.2. The lowest BCUT2D eigenvalue weighted by molar-refractivity contribution is -0.120. The van der Waals surface area contributed by atoms with Crippen molar-refractivity contribution in [3.05, 3.63) is 59.9 Å². The first-order valence-electron chi connectivity index (χ1n) is 7.56. The first-order valence-corrected chi connectivity index (χ1v) is 7.56. The van der Waals surface area contributed by atoms with E-state index in [-0.39, 0.29) is 11.7 Å². The number of ether oxygens (including phenoxy) is 1. The molecule has 2 rings (SSSR count). The summed E-state index contributed by atoms with van der Waals surface area (Å²) < 4.78 is 17.9. The molecular formula is C18H21FN2O2. The van der Waals surface area contributed by atoms with Crippen molar-refractivity contribution >= 4 is 11.6 Å². The molecule has 0 aliphatic carbocycles. The number of rotatable bonds is 8. The second kappa shape index (κ2) is 8.78. The molecule has 0 fully saturated rings. The van der Waals surface area contributed by atoms with Crippen LogP contribution in [-0.4, -0.2) is 26.1 Å². The molecule has 1 amide bonds. The first-order chi connectivity index (χ1) is 11.2. The molecule has 0 spiro atoms. The van der Waals surface area contributed by atoms with E-state index in [4.69, 9.17) is 4.74 Å². The molecular weight excluding hydrogens is 295 g/mol. The minimum Gasteiger partial charge on any atom is -0.497 e. The van der Waals surface area contributed by atoms with E-state index in [1.807, 2.05) is 24.3 Å². The van der Waals surface area contributed by atoms with Gasteiger partial charge in [0.15, 0.2) is 0 Å². The molecule has 4 nitrogen and oxygen atoms in total. The smallest absolute Gasteiger partial charge is 0.221 e. The molecule has 0 aliphatic heterocycles. The summed E-state index contributed by atoms with van der Waals surface area (Å²) in [5.74, 6) is 0.533. The SMILES string of the molecule is COc1cccc(CCNC(=O)CCNc2ccc(F)cc2)c1. The molecule has 0 unspecified atom stereocenters. The number of anilines is 1. The largest absolute Gasteiger partial charge is 0.497 e. The molecule has 0 aromatic heterocycles. The van der Waals surface area contributed by atoms with E-state index in [9.17, 15) is 9.18 Å². The number of methoxy groups -OCH3 is 1. The second-order valence-electron chi connectivity index (χ2n) is 5.14. The van der Waals surface area contributed by atoms with Gasteiger partial charge in [-0.15, -0.1) is 0 Å². The average Bonchev–Trinajstić information content (AvgIpc) is 2.57. The number of halogens is 1. The third-order valence-electron chi connectivity index (χ3n) is 3.40. The van der Waals surface area contributed by atoms with Gasteiger partial charge >= 0.3 is 0 Å². The Morgan fingerprint density at radius 3 is 2.65 bits per heavy atom. The van der Waals surface area contributed by atoms with Crippen molar-refractivity contribution in [2.45, 2.75) is 12.8 Å². The number of amides is 1. The number of hydrogen-bond acceptors (Lipinski definition) is 3. The number of nitrogens with one attached hydrogen (secondary N) is 2. The minimum absolute atomic E-state index is 0.0116. The maximum absolute atomic E-state index is 12.8. The van der Waals surface area contributed by atoms with Gasteiger partial charge in [-0.25, -0.2) is 4.39 Å². The van der Waals surface area contributed by atoms with Crippen LogP contribution in [0.25, 0.3) is 0 Å². The summed E-state index contributed by atoms with van der Waals surface area (Å²) in [6.07, 6.45) is 1.13. The predicted octanol–water partition coefficient (Wildman–Crippen LogP) is 3.00. The Bertz CT molecular complexity index is 629. The third-order valence-corrected chi connectivity index (χ3v) is 3.40. The first kappa shape index (κ1) is 16.8. The number of carbonyl (C=O) groups excluding carboxylic acids is 1. The highest BCUT2D eigenvalue weighted by Gasteiger charge is 2.02. The number of hydrogen-bond donors (Lipinski definition) is 2. The number of benzene rings is 2. The van der Waals surface area contributed by atoms with Gasteiger partial charge in [0.05, 0.1) is 7.11 Å². The van der Waals surface area contributed by atoms with E-state index in [0.717, 1.165) is 23.4 Å². The van der Waals surface area contributed by atoms with E-state index in [1.165, 1.54) is 12.1 Å². The van der Waals surface area contributed by atoms with Gasteiger partial charge in [0.2, 0.25) is 5.91 Å². The van der Waals surface area contributed by atoms with E-state index >= 15 is 0 Å². The standard InChI is InChI=1S/C18H21FN2O2/c1-23-17-4-2-3-14(13-17)9-11-21-18(22)10-12-20-16-7-5-15(19)6-8-16/h2-8,13,20H,9-12H2,1H3,(H,21,22). The summed E-state index contributed by atoms with van der Waals surface area (Å²) >= 11 is 0. The van der Waals surface area contributed by atoms with Crippen LogP contribution in [0, 0.1) is 5.82 Å². The quantitative estimate of drug-likeness (QED) is 0.787. The maximum Gasteiger partial charge on any atom is 0.221 e. The van der Waals surface area contributed by atoms with E-state index in [1.54, 1.807) is 19.2 Å². The van der Waals surface area contributed by atoms with Crippen LogP contribution in [0.4, 0.5) is 10.1 Å². The van der Waals surface area contributed by atoms with Crippen LogP contribution in [0.5, 0.6) is 5.75 Å². The van der Waals surface area contributed by atoms with Crippen molar-refractivity contribution in [3.8, 4) is 5.75 Å². The molecule has 0 saturated heterocycles. The van der Waals surface area contributed by atoms with Crippen LogP contribution < -0.4 is 15.4 Å². The Morgan fingerprint density at radius 1 is 1.13 bits per heavy atom. The summed E-state index contributed by atoms with van der Waals surface area (Å²) in [5, 5.41) is 5.97. The molecule has 2 aromatic rings. The van der Waals surface area contributed by atoms with Gasteiger partial charge in [-0.3, -0.25) is 4.79 Å². The van der Waals surface area contributed by atoms with Crippen LogP contribution >= 0.6 is 0 Å². The molecule has 0 heterocycles. The summed E-state index contributed by atoms with van der Waals surface area (Å²) in [6, 6.07) is 13.9. The Kier molecular flexibility index (Phi) is 6.41. The van der Waals surface area contributed by atoms with E-state index < -0.39 is 0 Å². The molecule has 0 aliphatic rings. The molecule has 122 valence electrons. The third kappa shape index (κ3) is 5.98. The predicted molar refractivity (Wildman–Crippen MR) is 89.2 cm³/mol. The van der Waals surface area contributed by atoms with Crippen molar-refractivity contribution in [2.24, 2.45) is 0 Å². The highest BCUT2D eigenvalue weighted by molar-refractivity contribution is 5.76. The van der Waals surface area contributed by atoms with Crippen LogP contribution in [0.15, 0.2) is 48.5 Å². The Balaban J connectivity index is 1.64. The minimum atomic E-state index is -0.272. The van der Waals surface area contributed by atoms with Gasteiger partial charge in [0, 0.05) is 25.2 Å². The highest BCUT2D eigenvalue weighted by atomic mass is 19.1. The van der Waals surface area contributed by atoms with Crippen LogP contribution in [0.2, 0.25) is 0 Å². The van der Waals surface area contributed by atoms with Crippen molar-refractivity contribution in [3.63, 3.8) is 0 Å². The Hall–Kier alpha value is -2.56. The van der Waals surface area contributed by atoms with E-state index in [0.29, 0.717) is 19.5 Å². The fraction of sp³-hybridized carbons (Fsp3) is 0.278. The lowest BCUT2D eigenvalue weighted by Gasteiger charge is -2.08. The van der Waals surface area contributed by atoms with Gasteiger partial charge in [-0.2, -0.15) is 0 Å². The number of carbonyl (C=O) groups is 1.